The molecule has 3 aromatic carbocycles. The summed E-state index contributed by atoms with van der Waals surface area (Å²) in [6, 6.07) is 24.6. The quantitative estimate of drug-likeness (QED) is 0.600. The Labute approximate surface area is 162 Å². The summed E-state index contributed by atoms with van der Waals surface area (Å²) in [5, 5.41) is 9.55. The van der Waals surface area contributed by atoms with E-state index >= 15 is 0 Å². The van der Waals surface area contributed by atoms with Gasteiger partial charge in [-0.1, -0.05) is 76.2 Å². The third-order valence-electron chi connectivity index (χ3n) is 5.73. The number of hydrogen-bond donors (Lipinski definition) is 1. The standard InChI is InChI=1S/C25H28O2/c1-24(2,20-10-14-22(26)15-11-20)18-6-8-19(9-7-18)25(3,4)21-12-16-23(27-5)17-13-21/h6-17,26H,1-5H3. The van der Waals surface area contributed by atoms with Crippen molar-refractivity contribution in [2.75, 3.05) is 7.11 Å². The van der Waals surface area contributed by atoms with Gasteiger partial charge in [0.05, 0.1) is 7.11 Å². The first kappa shape index (κ1) is 19.0. The molecule has 0 saturated heterocycles. The molecule has 0 fully saturated rings. The molecule has 0 heterocycles. The van der Waals surface area contributed by atoms with Crippen LogP contribution in [0.4, 0.5) is 0 Å². The average Bonchev–Trinajstić information content (AvgIpc) is 2.68. The first-order valence-corrected chi connectivity index (χ1v) is 9.30. The Hall–Kier alpha value is -2.74. The number of rotatable bonds is 5. The van der Waals surface area contributed by atoms with Crippen LogP contribution in [0.3, 0.4) is 0 Å². The number of ether oxygens (including phenoxy) is 1. The minimum atomic E-state index is -0.128. The summed E-state index contributed by atoms with van der Waals surface area (Å²) in [5.41, 5.74) is 4.75. The first-order chi connectivity index (χ1) is 12.7. The van der Waals surface area contributed by atoms with Crippen molar-refractivity contribution in [2.24, 2.45) is 0 Å². The molecule has 0 aromatic heterocycles. The van der Waals surface area contributed by atoms with Gasteiger partial charge in [0.1, 0.15) is 11.5 Å². The number of hydrogen-bond acceptors (Lipinski definition) is 2. The van der Waals surface area contributed by atoms with E-state index in [0.29, 0.717) is 5.75 Å². The molecule has 0 radical (unpaired) electrons. The number of phenolic OH excluding ortho intramolecular Hbond substituents is 1. The van der Waals surface area contributed by atoms with Gasteiger partial charge in [0.25, 0.3) is 0 Å². The molecule has 1 N–H and O–H groups in total. The van der Waals surface area contributed by atoms with E-state index in [1.807, 2.05) is 24.3 Å². The SMILES string of the molecule is COc1ccc(C(C)(C)c2ccc(C(C)(C)c3ccc(O)cc3)cc2)cc1. The van der Waals surface area contributed by atoms with Gasteiger partial charge in [-0.25, -0.2) is 0 Å². The van der Waals surface area contributed by atoms with Gasteiger partial charge in [-0.2, -0.15) is 0 Å². The largest absolute Gasteiger partial charge is 0.508 e. The zero-order valence-electron chi connectivity index (χ0n) is 16.8. The Morgan fingerprint density at radius 1 is 0.556 bits per heavy atom. The van der Waals surface area contributed by atoms with Crippen molar-refractivity contribution < 1.29 is 9.84 Å². The van der Waals surface area contributed by atoms with Crippen LogP contribution in [0, 0.1) is 0 Å². The Morgan fingerprint density at radius 2 is 0.852 bits per heavy atom. The van der Waals surface area contributed by atoms with E-state index in [2.05, 4.69) is 64.1 Å². The molecule has 2 nitrogen and oxygen atoms in total. The van der Waals surface area contributed by atoms with E-state index in [0.717, 1.165) is 5.75 Å². The Morgan fingerprint density at radius 3 is 1.19 bits per heavy atom. The van der Waals surface area contributed by atoms with Crippen LogP contribution >= 0.6 is 0 Å². The normalized spacial score (nSPS) is 12.0. The van der Waals surface area contributed by atoms with E-state index in [1.165, 1.54) is 22.3 Å². The van der Waals surface area contributed by atoms with Gasteiger partial charge >= 0.3 is 0 Å². The number of methoxy groups -OCH3 is 1. The lowest BCUT2D eigenvalue weighted by atomic mass is 9.74. The van der Waals surface area contributed by atoms with Crippen molar-refractivity contribution in [3.8, 4) is 11.5 Å². The van der Waals surface area contributed by atoms with Crippen LogP contribution in [0.25, 0.3) is 0 Å². The molecule has 0 unspecified atom stereocenters. The van der Waals surface area contributed by atoms with Crippen molar-refractivity contribution in [2.45, 2.75) is 38.5 Å². The molecule has 0 aliphatic rings. The maximum Gasteiger partial charge on any atom is 0.118 e. The summed E-state index contributed by atoms with van der Waals surface area (Å²) in [6.45, 7) is 8.91. The van der Waals surface area contributed by atoms with E-state index in [-0.39, 0.29) is 10.8 Å². The van der Waals surface area contributed by atoms with Gasteiger partial charge in [-0.05, 0) is 46.5 Å². The fourth-order valence-electron chi connectivity index (χ4n) is 3.52. The monoisotopic (exact) mass is 360 g/mol. The van der Waals surface area contributed by atoms with Crippen LogP contribution in [0.2, 0.25) is 0 Å². The molecule has 3 aromatic rings. The fraction of sp³-hybridized carbons (Fsp3) is 0.280. The van der Waals surface area contributed by atoms with Gasteiger partial charge in [-0.15, -0.1) is 0 Å². The summed E-state index contributed by atoms with van der Waals surface area (Å²) >= 11 is 0. The predicted octanol–water partition coefficient (Wildman–Crippen LogP) is 6.05. The van der Waals surface area contributed by atoms with Crippen LogP contribution in [0.5, 0.6) is 11.5 Å². The van der Waals surface area contributed by atoms with Gasteiger partial charge in [0, 0.05) is 10.8 Å². The molecular weight excluding hydrogens is 332 g/mol. The second kappa shape index (κ2) is 7.11. The molecule has 27 heavy (non-hydrogen) atoms. The summed E-state index contributed by atoms with van der Waals surface area (Å²) in [5.74, 6) is 1.17. The molecule has 0 aliphatic heterocycles. The zero-order chi connectivity index (χ0) is 19.7. The smallest absolute Gasteiger partial charge is 0.118 e. The van der Waals surface area contributed by atoms with E-state index in [1.54, 1.807) is 19.2 Å². The highest BCUT2D eigenvalue weighted by Gasteiger charge is 2.26. The van der Waals surface area contributed by atoms with E-state index in [4.69, 9.17) is 4.74 Å². The van der Waals surface area contributed by atoms with Crippen molar-refractivity contribution >= 4 is 0 Å². The minimum Gasteiger partial charge on any atom is -0.508 e. The number of benzene rings is 3. The van der Waals surface area contributed by atoms with Gasteiger partial charge in [0.15, 0.2) is 0 Å². The summed E-state index contributed by atoms with van der Waals surface area (Å²) in [6.07, 6.45) is 0. The lowest BCUT2D eigenvalue weighted by Crippen LogP contribution is -2.21. The lowest BCUT2D eigenvalue weighted by molar-refractivity contribution is 0.414. The topological polar surface area (TPSA) is 29.5 Å². The summed E-state index contributed by atoms with van der Waals surface area (Å²) in [7, 11) is 1.69. The van der Waals surface area contributed by atoms with Crippen molar-refractivity contribution in [3.63, 3.8) is 0 Å². The lowest BCUT2D eigenvalue weighted by Gasteiger charge is -2.29. The summed E-state index contributed by atoms with van der Waals surface area (Å²) in [4.78, 5) is 0. The highest BCUT2D eigenvalue weighted by molar-refractivity contribution is 5.44. The highest BCUT2D eigenvalue weighted by Crippen LogP contribution is 2.36. The van der Waals surface area contributed by atoms with Crippen LogP contribution in [0.1, 0.15) is 49.9 Å². The van der Waals surface area contributed by atoms with Crippen molar-refractivity contribution in [3.05, 3.63) is 95.1 Å². The zero-order valence-corrected chi connectivity index (χ0v) is 16.8. The number of aromatic hydroxyl groups is 1. The third-order valence-corrected chi connectivity index (χ3v) is 5.73. The van der Waals surface area contributed by atoms with Crippen molar-refractivity contribution in [1.82, 2.24) is 0 Å². The minimum absolute atomic E-state index is 0.0898. The molecule has 0 spiro atoms. The maximum atomic E-state index is 9.55. The van der Waals surface area contributed by atoms with Crippen LogP contribution in [-0.2, 0) is 10.8 Å². The highest BCUT2D eigenvalue weighted by atomic mass is 16.5. The van der Waals surface area contributed by atoms with E-state index < -0.39 is 0 Å². The predicted molar refractivity (Wildman–Crippen MR) is 112 cm³/mol. The molecule has 2 heteroatoms. The Kier molecular flexibility index (Phi) is 5.01. The Bertz CT molecular complexity index is 887. The third kappa shape index (κ3) is 3.71. The summed E-state index contributed by atoms with van der Waals surface area (Å²) < 4.78 is 5.27. The molecule has 140 valence electrons. The second-order valence-corrected chi connectivity index (χ2v) is 8.10. The maximum absolute atomic E-state index is 9.55. The van der Waals surface area contributed by atoms with Gasteiger partial charge in [-0.3, -0.25) is 0 Å². The Balaban J connectivity index is 1.90. The van der Waals surface area contributed by atoms with Crippen molar-refractivity contribution in [1.29, 1.82) is 0 Å². The van der Waals surface area contributed by atoms with Gasteiger partial charge in [0.2, 0.25) is 0 Å². The molecule has 0 amide bonds. The van der Waals surface area contributed by atoms with Gasteiger partial charge < -0.3 is 9.84 Å². The molecule has 0 bridgehead atoms. The number of phenols is 1. The fourth-order valence-corrected chi connectivity index (χ4v) is 3.52. The van der Waals surface area contributed by atoms with Crippen LogP contribution in [-0.4, -0.2) is 12.2 Å². The second-order valence-electron chi connectivity index (χ2n) is 8.10. The molecular formula is C25H28O2. The first-order valence-electron chi connectivity index (χ1n) is 9.30. The molecule has 0 atom stereocenters. The van der Waals surface area contributed by atoms with Crippen LogP contribution in [0.15, 0.2) is 72.8 Å². The molecule has 3 rings (SSSR count). The molecule has 0 saturated carbocycles. The average molecular weight is 360 g/mol. The molecule has 0 aliphatic carbocycles. The van der Waals surface area contributed by atoms with E-state index in [9.17, 15) is 5.11 Å². The van der Waals surface area contributed by atoms with Crippen LogP contribution < -0.4 is 4.74 Å².